The smallest absolute Gasteiger partial charge is 0.0640 e. The molecule has 1 aromatic carbocycles. The standard InChI is InChI=1S/C14H22ClN/c1-4-6-12(7-5-2)16-14-9-8-11(3)10-13(14)15/h8-10,12,16H,4-7H2,1-3H3. The van der Waals surface area contributed by atoms with Crippen LogP contribution < -0.4 is 5.32 Å². The zero-order valence-electron chi connectivity index (χ0n) is 10.5. The number of rotatable bonds is 6. The molecule has 0 unspecified atom stereocenters. The van der Waals surface area contributed by atoms with Gasteiger partial charge in [-0.1, -0.05) is 44.4 Å². The molecule has 0 heterocycles. The van der Waals surface area contributed by atoms with E-state index in [0.717, 1.165) is 10.7 Å². The van der Waals surface area contributed by atoms with E-state index >= 15 is 0 Å². The number of benzene rings is 1. The molecule has 16 heavy (non-hydrogen) atoms. The summed E-state index contributed by atoms with van der Waals surface area (Å²) in [5.41, 5.74) is 2.28. The highest BCUT2D eigenvalue weighted by Gasteiger charge is 2.08. The van der Waals surface area contributed by atoms with Crippen LogP contribution in [0.15, 0.2) is 18.2 Å². The summed E-state index contributed by atoms with van der Waals surface area (Å²) in [4.78, 5) is 0. The molecule has 0 saturated carbocycles. The fourth-order valence-electron chi connectivity index (χ4n) is 1.94. The van der Waals surface area contributed by atoms with E-state index < -0.39 is 0 Å². The molecule has 1 aromatic rings. The first kappa shape index (κ1) is 13.4. The molecule has 90 valence electrons. The van der Waals surface area contributed by atoms with E-state index in [1.54, 1.807) is 0 Å². The van der Waals surface area contributed by atoms with Gasteiger partial charge in [0.25, 0.3) is 0 Å². The molecule has 0 spiro atoms. The number of nitrogens with one attached hydrogen (secondary N) is 1. The summed E-state index contributed by atoms with van der Waals surface area (Å²) in [5.74, 6) is 0. The molecule has 0 aromatic heterocycles. The van der Waals surface area contributed by atoms with Crippen molar-refractivity contribution in [2.24, 2.45) is 0 Å². The van der Waals surface area contributed by atoms with Crippen molar-refractivity contribution in [1.29, 1.82) is 0 Å². The molecule has 0 amide bonds. The first-order chi connectivity index (χ1) is 7.67. The van der Waals surface area contributed by atoms with Crippen molar-refractivity contribution in [2.45, 2.75) is 52.5 Å². The molecule has 0 fully saturated rings. The minimum Gasteiger partial charge on any atom is -0.381 e. The van der Waals surface area contributed by atoms with E-state index in [1.165, 1.54) is 31.2 Å². The van der Waals surface area contributed by atoms with Gasteiger partial charge in [-0.15, -0.1) is 0 Å². The average molecular weight is 240 g/mol. The van der Waals surface area contributed by atoms with E-state index in [9.17, 15) is 0 Å². The van der Waals surface area contributed by atoms with Crippen LogP contribution in [0.25, 0.3) is 0 Å². The molecule has 0 aliphatic rings. The maximum atomic E-state index is 6.21. The van der Waals surface area contributed by atoms with Crippen molar-refractivity contribution in [1.82, 2.24) is 0 Å². The molecule has 0 saturated heterocycles. The lowest BCUT2D eigenvalue weighted by molar-refractivity contribution is 0.586. The molecule has 0 aliphatic heterocycles. The first-order valence-corrected chi connectivity index (χ1v) is 6.57. The highest BCUT2D eigenvalue weighted by Crippen LogP contribution is 2.24. The Morgan fingerprint density at radius 1 is 1.19 bits per heavy atom. The quantitative estimate of drug-likeness (QED) is 0.734. The van der Waals surface area contributed by atoms with E-state index in [-0.39, 0.29) is 0 Å². The minimum atomic E-state index is 0.551. The molecule has 1 N–H and O–H groups in total. The van der Waals surface area contributed by atoms with Gasteiger partial charge in [0.1, 0.15) is 0 Å². The van der Waals surface area contributed by atoms with Crippen molar-refractivity contribution < 1.29 is 0 Å². The Morgan fingerprint density at radius 3 is 2.31 bits per heavy atom. The minimum absolute atomic E-state index is 0.551. The van der Waals surface area contributed by atoms with Crippen LogP contribution in [0.3, 0.4) is 0 Å². The molecular weight excluding hydrogens is 218 g/mol. The van der Waals surface area contributed by atoms with E-state index in [4.69, 9.17) is 11.6 Å². The fourth-order valence-corrected chi connectivity index (χ4v) is 2.23. The number of hydrogen-bond donors (Lipinski definition) is 1. The lowest BCUT2D eigenvalue weighted by Crippen LogP contribution is -2.19. The van der Waals surface area contributed by atoms with Gasteiger partial charge in [-0.3, -0.25) is 0 Å². The van der Waals surface area contributed by atoms with E-state index in [1.807, 2.05) is 6.07 Å². The average Bonchev–Trinajstić information content (AvgIpc) is 2.23. The normalized spacial score (nSPS) is 10.8. The maximum absolute atomic E-state index is 6.21. The summed E-state index contributed by atoms with van der Waals surface area (Å²) < 4.78 is 0. The molecule has 0 bridgehead atoms. The molecule has 2 heteroatoms. The van der Waals surface area contributed by atoms with Crippen LogP contribution in [0.1, 0.15) is 45.1 Å². The van der Waals surface area contributed by atoms with Crippen molar-refractivity contribution in [3.8, 4) is 0 Å². The molecule has 1 rings (SSSR count). The van der Waals surface area contributed by atoms with Crippen LogP contribution in [0.4, 0.5) is 5.69 Å². The third kappa shape index (κ3) is 4.05. The third-order valence-corrected chi connectivity index (χ3v) is 3.07. The van der Waals surface area contributed by atoms with Crippen molar-refractivity contribution in [3.63, 3.8) is 0 Å². The van der Waals surface area contributed by atoms with Gasteiger partial charge < -0.3 is 5.32 Å². The number of aryl methyl sites for hydroxylation is 1. The maximum Gasteiger partial charge on any atom is 0.0640 e. The predicted molar refractivity (Wildman–Crippen MR) is 73.4 cm³/mol. The van der Waals surface area contributed by atoms with Gasteiger partial charge in [-0.05, 0) is 37.5 Å². The second kappa shape index (κ2) is 6.80. The third-order valence-electron chi connectivity index (χ3n) is 2.76. The molecule has 0 aliphatic carbocycles. The summed E-state index contributed by atoms with van der Waals surface area (Å²) >= 11 is 6.21. The predicted octanol–water partition coefficient (Wildman–Crippen LogP) is 5.03. The Hall–Kier alpha value is -0.690. The Bertz CT molecular complexity index is 317. The second-order valence-corrected chi connectivity index (χ2v) is 4.81. The van der Waals surface area contributed by atoms with Crippen LogP contribution in [0, 0.1) is 6.92 Å². The molecule has 1 nitrogen and oxygen atoms in total. The van der Waals surface area contributed by atoms with E-state index in [2.05, 4.69) is 38.2 Å². The van der Waals surface area contributed by atoms with Crippen LogP contribution in [0.2, 0.25) is 5.02 Å². The van der Waals surface area contributed by atoms with Gasteiger partial charge in [-0.25, -0.2) is 0 Å². The summed E-state index contributed by atoms with van der Waals surface area (Å²) in [6, 6.07) is 6.74. The van der Waals surface area contributed by atoms with Crippen molar-refractivity contribution in [2.75, 3.05) is 5.32 Å². The Balaban J connectivity index is 2.68. The monoisotopic (exact) mass is 239 g/mol. The van der Waals surface area contributed by atoms with Gasteiger partial charge >= 0.3 is 0 Å². The molecule has 0 atom stereocenters. The highest BCUT2D eigenvalue weighted by atomic mass is 35.5. The van der Waals surface area contributed by atoms with Crippen LogP contribution in [-0.4, -0.2) is 6.04 Å². The summed E-state index contributed by atoms with van der Waals surface area (Å²) in [6.07, 6.45) is 4.83. The largest absolute Gasteiger partial charge is 0.381 e. The van der Waals surface area contributed by atoms with Crippen LogP contribution >= 0.6 is 11.6 Å². The van der Waals surface area contributed by atoms with Gasteiger partial charge in [0.2, 0.25) is 0 Å². The van der Waals surface area contributed by atoms with Crippen molar-refractivity contribution in [3.05, 3.63) is 28.8 Å². The molecule has 0 radical (unpaired) electrons. The Morgan fingerprint density at radius 2 is 1.81 bits per heavy atom. The first-order valence-electron chi connectivity index (χ1n) is 6.20. The topological polar surface area (TPSA) is 12.0 Å². The summed E-state index contributed by atoms with van der Waals surface area (Å²) in [5, 5.41) is 4.38. The summed E-state index contributed by atoms with van der Waals surface area (Å²) in [6.45, 7) is 6.51. The Kier molecular flexibility index (Phi) is 5.68. The number of hydrogen-bond acceptors (Lipinski definition) is 1. The number of halogens is 1. The highest BCUT2D eigenvalue weighted by molar-refractivity contribution is 6.33. The van der Waals surface area contributed by atoms with Gasteiger partial charge in [0, 0.05) is 6.04 Å². The number of anilines is 1. The SMILES string of the molecule is CCCC(CCC)Nc1ccc(C)cc1Cl. The lowest BCUT2D eigenvalue weighted by Gasteiger charge is -2.19. The second-order valence-electron chi connectivity index (χ2n) is 4.40. The van der Waals surface area contributed by atoms with Gasteiger partial charge in [0.15, 0.2) is 0 Å². The zero-order chi connectivity index (χ0) is 12.0. The van der Waals surface area contributed by atoms with E-state index in [0.29, 0.717) is 6.04 Å². The molecular formula is C14H22ClN. The summed E-state index contributed by atoms with van der Waals surface area (Å²) in [7, 11) is 0. The van der Waals surface area contributed by atoms with Crippen molar-refractivity contribution >= 4 is 17.3 Å². The fraction of sp³-hybridized carbons (Fsp3) is 0.571. The lowest BCUT2D eigenvalue weighted by atomic mass is 10.1. The van der Waals surface area contributed by atoms with Gasteiger partial charge in [0.05, 0.1) is 10.7 Å². The zero-order valence-corrected chi connectivity index (χ0v) is 11.3. The van der Waals surface area contributed by atoms with Crippen LogP contribution in [-0.2, 0) is 0 Å². The van der Waals surface area contributed by atoms with Gasteiger partial charge in [-0.2, -0.15) is 0 Å². The Labute approximate surface area is 104 Å². The van der Waals surface area contributed by atoms with Crippen LogP contribution in [0.5, 0.6) is 0 Å².